The highest BCUT2D eigenvalue weighted by molar-refractivity contribution is 7.22. The minimum Gasteiger partial charge on any atom is -0.312 e. The van der Waals surface area contributed by atoms with E-state index in [0.29, 0.717) is 11.8 Å². The maximum absolute atomic E-state index is 2.70. The first-order valence-corrected chi connectivity index (χ1v) is 23.7. The summed E-state index contributed by atoms with van der Waals surface area (Å²) in [5.74, 6) is 0.881. The first-order chi connectivity index (χ1) is 31.8. The average molecular weight is 837 g/mol. The Hall–Kier alpha value is -7.20. The molecule has 3 heteroatoms. The minimum absolute atomic E-state index is 0.178. The molecule has 0 radical (unpaired) electrons. The predicted molar refractivity (Wildman–Crippen MR) is 267 cm³/mol. The van der Waals surface area contributed by atoms with Crippen LogP contribution in [0.15, 0.2) is 224 Å². The van der Waals surface area contributed by atoms with Crippen molar-refractivity contribution < 1.29 is 0 Å². The van der Waals surface area contributed by atoms with Gasteiger partial charge in [-0.25, -0.2) is 0 Å². The van der Waals surface area contributed by atoms with Gasteiger partial charge in [0.2, 0.25) is 0 Å². The molecule has 64 heavy (non-hydrogen) atoms. The Morgan fingerprint density at radius 2 is 1.12 bits per heavy atom. The number of benzene rings is 7. The van der Waals surface area contributed by atoms with Crippen LogP contribution < -0.4 is 4.90 Å². The number of para-hydroxylation sites is 1. The Bertz CT molecular complexity index is 3380. The molecule has 3 unspecified atom stereocenters. The highest BCUT2D eigenvalue weighted by Gasteiger charge is 2.57. The van der Waals surface area contributed by atoms with Crippen LogP contribution >= 0.6 is 11.3 Å². The Balaban J connectivity index is 1.03. The minimum atomic E-state index is -0.397. The largest absolute Gasteiger partial charge is 0.312 e. The van der Waals surface area contributed by atoms with Gasteiger partial charge in [-0.15, -0.1) is 11.3 Å². The number of nitrogens with zero attached hydrogens (tertiary/aromatic N) is 2. The summed E-state index contributed by atoms with van der Waals surface area (Å²) in [6.45, 7) is 0. The number of allylic oxidation sites excluding steroid dienone is 6. The van der Waals surface area contributed by atoms with Crippen LogP contribution in [0.5, 0.6) is 0 Å². The van der Waals surface area contributed by atoms with Crippen LogP contribution in [0.2, 0.25) is 0 Å². The summed E-state index contributed by atoms with van der Waals surface area (Å²) in [5, 5.41) is 2.75. The molecule has 2 aromatic heterocycles. The van der Waals surface area contributed by atoms with E-state index in [2.05, 4.69) is 222 Å². The van der Waals surface area contributed by atoms with Crippen molar-refractivity contribution in [3.8, 4) is 27.3 Å². The molecule has 9 aromatic rings. The van der Waals surface area contributed by atoms with E-state index in [4.69, 9.17) is 0 Å². The number of hydrogen-bond donors (Lipinski definition) is 0. The zero-order chi connectivity index (χ0) is 41.9. The van der Waals surface area contributed by atoms with Gasteiger partial charge in [-0.2, -0.15) is 0 Å². The molecule has 2 nitrogen and oxygen atoms in total. The van der Waals surface area contributed by atoms with Crippen molar-refractivity contribution in [1.29, 1.82) is 0 Å². The monoisotopic (exact) mass is 836 g/mol. The van der Waals surface area contributed by atoms with Crippen LogP contribution in [0.25, 0.3) is 48.2 Å². The Morgan fingerprint density at radius 3 is 1.77 bits per heavy atom. The number of rotatable bonds is 5. The molecule has 0 saturated carbocycles. The third-order valence-corrected chi connectivity index (χ3v) is 16.4. The van der Waals surface area contributed by atoms with Crippen molar-refractivity contribution in [2.75, 3.05) is 4.90 Å². The smallest absolute Gasteiger partial charge is 0.0570 e. The lowest BCUT2D eigenvalue weighted by Gasteiger charge is -2.47. The maximum atomic E-state index is 2.70. The molecule has 1 spiro atoms. The molecule has 3 heterocycles. The van der Waals surface area contributed by atoms with Gasteiger partial charge in [-0.05, 0) is 106 Å². The fraction of sp³-hybridized carbons (Fsp3) is 0.115. The van der Waals surface area contributed by atoms with Crippen LogP contribution in [0, 0.1) is 0 Å². The molecule has 5 aliphatic rings. The Morgan fingerprint density at radius 1 is 0.547 bits per heavy atom. The van der Waals surface area contributed by atoms with Gasteiger partial charge >= 0.3 is 0 Å². The molecule has 1 aliphatic heterocycles. The molecule has 14 rings (SSSR count). The molecule has 0 saturated heterocycles. The Labute approximate surface area is 378 Å². The van der Waals surface area contributed by atoms with E-state index in [1.54, 1.807) is 0 Å². The molecule has 7 aromatic carbocycles. The molecule has 0 bridgehead atoms. The fourth-order valence-electron chi connectivity index (χ4n) is 12.4. The lowest BCUT2D eigenvalue weighted by atomic mass is 9.58. The van der Waals surface area contributed by atoms with Crippen molar-refractivity contribution in [3.05, 3.63) is 263 Å². The van der Waals surface area contributed by atoms with Crippen molar-refractivity contribution in [2.45, 2.75) is 42.4 Å². The average Bonchev–Trinajstić information content (AvgIpc) is 4.01. The summed E-state index contributed by atoms with van der Waals surface area (Å²) < 4.78 is 4.07. The zero-order valence-electron chi connectivity index (χ0n) is 35.4. The molecular formula is C61H44N2S. The first-order valence-electron chi connectivity index (χ1n) is 22.9. The van der Waals surface area contributed by atoms with Gasteiger partial charge in [0, 0.05) is 61.1 Å². The standard InChI is InChI=1S/C61H44N2S/c1-3-15-39(16-4-1)41-27-31-43(32-28-41)62(44-33-29-42(30-34-44)40-17-5-2-6-18-40)45-35-36-53-56(37-45)63-55-25-13-9-22-49(55)58-59(63)54(38-50-48-21-10-14-26-57(48)64-60(50)58)61(53)51-23-11-7-19-46(51)47-20-8-12-24-52(47)61/h1-27,29,31-37,41-42,54H,28,30,38H2. The quantitative estimate of drug-likeness (QED) is 0.168. The number of hydrogen-bond acceptors (Lipinski definition) is 2. The van der Waals surface area contributed by atoms with E-state index >= 15 is 0 Å². The lowest BCUT2D eigenvalue weighted by Crippen LogP contribution is -2.42. The number of anilines is 1. The normalized spacial score (nSPS) is 19.4. The summed E-state index contributed by atoms with van der Waals surface area (Å²) in [6, 6.07) is 66.4. The van der Waals surface area contributed by atoms with E-state index in [0.717, 1.165) is 19.3 Å². The number of aromatic nitrogens is 1. The maximum Gasteiger partial charge on any atom is 0.0570 e. The molecule has 0 N–H and O–H groups in total. The lowest BCUT2D eigenvalue weighted by molar-refractivity contribution is 0.451. The summed E-state index contributed by atoms with van der Waals surface area (Å²) in [5.41, 5.74) is 19.8. The van der Waals surface area contributed by atoms with Crippen LogP contribution in [0.1, 0.15) is 69.7 Å². The van der Waals surface area contributed by atoms with Gasteiger partial charge < -0.3 is 9.47 Å². The molecule has 3 atom stereocenters. The fourth-order valence-corrected chi connectivity index (χ4v) is 13.7. The highest BCUT2D eigenvalue weighted by Crippen LogP contribution is 2.67. The molecule has 0 fully saturated rings. The van der Waals surface area contributed by atoms with Gasteiger partial charge in [0.15, 0.2) is 0 Å². The zero-order valence-corrected chi connectivity index (χ0v) is 36.2. The van der Waals surface area contributed by atoms with Crippen LogP contribution in [0.3, 0.4) is 0 Å². The van der Waals surface area contributed by atoms with E-state index < -0.39 is 5.41 Å². The predicted octanol–water partition coefficient (Wildman–Crippen LogP) is 15.5. The summed E-state index contributed by atoms with van der Waals surface area (Å²) >= 11 is 1.98. The SMILES string of the molecule is C1=CC(c2ccccc2)CC=C1N(C1=CCC(c2ccccc2)C=C1)c1ccc2c(c1)-n1c3c(c4ccccc41)-c1sc4ccccc4c1CC3C21c2ccccc2-c2ccccc21. The molecule has 4 aliphatic carbocycles. The van der Waals surface area contributed by atoms with Gasteiger partial charge in [-0.3, -0.25) is 0 Å². The molecule has 0 amide bonds. The van der Waals surface area contributed by atoms with E-state index in [1.807, 2.05) is 11.3 Å². The first kappa shape index (κ1) is 36.3. The van der Waals surface area contributed by atoms with Gasteiger partial charge in [0.1, 0.15) is 0 Å². The van der Waals surface area contributed by atoms with E-state index in [-0.39, 0.29) is 5.92 Å². The van der Waals surface area contributed by atoms with E-state index in [9.17, 15) is 0 Å². The van der Waals surface area contributed by atoms with Crippen LogP contribution in [0.4, 0.5) is 5.69 Å². The second-order valence-electron chi connectivity index (χ2n) is 18.2. The van der Waals surface area contributed by atoms with Crippen molar-refractivity contribution in [3.63, 3.8) is 0 Å². The third kappa shape index (κ3) is 5.02. The van der Waals surface area contributed by atoms with Gasteiger partial charge in [0.25, 0.3) is 0 Å². The van der Waals surface area contributed by atoms with E-state index in [1.165, 1.54) is 104 Å². The van der Waals surface area contributed by atoms with Crippen LogP contribution in [-0.2, 0) is 11.8 Å². The topological polar surface area (TPSA) is 8.17 Å². The van der Waals surface area contributed by atoms with Crippen molar-refractivity contribution in [1.82, 2.24) is 4.57 Å². The van der Waals surface area contributed by atoms with Gasteiger partial charge in [-0.1, -0.05) is 176 Å². The number of fused-ring (bicyclic) bond motifs is 16. The molecule has 304 valence electrons. The van der Waals surface area contributed by atoms with Gasteiger partial charge in [0.05, 0.1) is 16.6 Å². The Kier molecular flexibility index (Phi) is 7.88. The third-order valence-electron chi connectivity index (χ3n) is 15.1. The summed E-state index contributed by atoms with van der Waals surface area (Å²) in [6.07, 6.45) is 17.4. The second-order valence-corrected chi connectivity index (χ2v) is 19.2. The molecular weight excluding hydrogens is 793 g/mol. The number of thiophene rings is 1. The van der Waals surface area contributed by atoms with Crippen molar-refractivity contribution in [2.24, 2.45) is 0 Å². The van der Waals surface area contributed by atoms with Crippen LogP contribution in [-0.4, -0.2) is 4.57 Å². The van der Waals surface area contributed by atoms with Crippen molar-refractivity contribution >= 4 is 38.0 Å². The summed E-state index contributed by atoms with van der Waals surface area (Å²) in [4.78, 5) is 3.97. The second kappa shape index (κ2) is 13.9. The summed E-state index contributed by atoms with van der Waals surface area (Å²) in [7, 11) is 0. The highest BCUT2D eigenvalue weighted by atomic mass is 32.1.